The van der Waals surface area contributed by atoms with Crippen LogP contribution in [0.1, 0.15) is 32.4 Å². The fourth-order valence-corrected chi connectivity index (χ4v) is 2.69. The van der Waals surface area contributed by atoms with Crippen molar-refractivity contribution in [3.63, 3.8) is 0 Å². The van der Waals surface area contributed by atoms with Crippen molar-refractivity contribution in [2.24, 2.45) is 5.92 Å². The molecule has 0 unspecified atom stereocenters. The minimum atomic E-state index is -0.645. The summed E-state index contributed by atoms with van der Waals surface area (Å²) in [5, 5.41) is 5.63. The molecule has 8 nitrogen and oxygen atoms in total. The van der Waals surface area contributed by atoms with Gasteiger partial charge in [-0.2, -0.15) is 0 Å². The van der Waals surface area contributed by atoms with Crippen LogP contribution in [-0.4, -0.2) is 50.2 Å². The van der Waals surface area contributed by atoms with Crippen molar-refractivity contribution in [1.29, 1.82) is 0 Å². The number of ether oxygens (including phenoxy) is 2. The number of carbonyl (C=O) groups excluding carboxylic acids is 3. The second-order valence-corrected chi connectivity index (χ2v) is 6.84. The van der Waals surface area contributed by atoms with Gasteiger partial charge in [0.2, 0.25) is 5.91 Å². The van der Waals surface area contributed by atoms with Gasteiger partial charge in [-0.25, -0.2) is 9.59 Å². The molecule has 1 aliphatic heterocycles. The van der Waals surface area contributed by atoms with Crippen LogP contribution in [0.3, 0.4) is 0 Å². The van der Waals surface area contributed by atoms with Crippen molar-refractivity contribution in [3.8, 4) is 0 Å². The fourth-order valence-electron chi connectivity index (χ4n) is 2.69. The summed E-state index contributed by atoms with van der Waals surface area (Å²) in [6, 6.07) is 6.05. The monoisotopic (exact) mass is 389 g/mol. The van der Waals surface area contributed by atoms with Crippen molar-refractivity contribution in [2.75, 3.05) is 32.7 Å². The van der Waals surface area contributed by atoms with E-state index in [1.54, 1.807) is 38.2 Å². The van der Waals surface area contributed by atoms with Gasteiger partial charge in [-0.1, -0.05) is 26.0 Å². The summed E-state index contributed by atoms with van der Waals surface area (Å²) >= 11 is 0. The minimum Gasteiger partial charge on any atom is -0.460 e. The third kappa shape index (κ3) is 4.89. The Bertz CT molecular complexity index is 771. The average Bonchev–Trinajstić information content (AvgIpc) is 2.66. The Morgan fingerprint density at radius 2 is 1.86 bits per heavy atom. The third-order valence-electron chi connectivity index (χ3n) is 4.53. The molecule has 8 heteroatoms. The molecular formula is C20H27N3O5. The zero-order valence-electron chi connectivity index (χ0n) is 16.9. The molecule has 1 aliphatic rings. The molecule has 3 amide bonds. The quantitative estimate of drug-likeness (QED) is 0.551. The van der Waals surface area contributed by atoms with Gasteiger partial charge in [-0.15, -0.1) is 0 Å². The van der Waals surface area contributed by atoms with E-state index in [2.05, 4.69) is 10.6 Å². The highest BCUT2D eigenvalue weighted by Gasteiger charge is 2.35. The van der Waals surface area contributed by atoms with Crippen LogP contribution >= 0.6 is 0 Å². The van der Waals surface area contributed by atoms with E-state index in [4.69, 9.17) is 9.47 Å². The Hall–Kier alpha value is -2.87. The van der Waals surface area contributed by atoms with E-state index < -0.39 is 12.0 Å². The number of hydrogen-bond acceptors (Lipinski definition) is 5. The van der Waals surface area contributed by atoms with Crippen molar-refractivity contribution in [2.45, 2.75) is 26.8 Å². The lowest BCUT2D eigenvalue weighted by Crippen LogP contribution is -2.46. The maximum absolute atomic E-state index is 12.6. The molecule has 0 fully saturated rings. The van der Waals surface area contributed by atoms with Gasteiger partial charge >= 0.3 is 12.0 Å². The lowest BCUT2D eigenvalue weighted by Gasteiger charge is -2.33. The van der Waals surface area contributed by atoms with Crippen LogP contribution in [0.5, 0.6) is 0 Å². The predicted molar refractivity (Wildman–Crippen MR) is 104 cm³/mol. The van der Waals surface area contributed by atoms with Crippen LogP contribution in [-0.2, 0) is 19.1 Å². The van der Waals surface area contributed by atoms with E-state index in [-0.39, 0.29) is 31.1 Å². The molecule has 0 radical (unpaired) electrons. The second-order valence-electron chi connectivity index (χ2n) is 6.84. The number of methoxy groups -OCH3 is 1. The number of benzene rings is 1. The third-order valence-corrected chi connectivity index (χ3v) is 4.53. The molecule has 1 aromatic rings. The number of urea groups is 1. The number of anilines is 1. The molecule has 1 heterocycles. The van der Waals surface area contributed by atoms with Crippen molar-refractivity contribution < 1.29 is 23.9 Å². The first-order valence-electron chi connectivity index (χ1n) is 9.08. The van der Waals surface area contributed by atoms with Gasteiger partial charge in [-0.3, -0.25) is 4.79 Å². The maximum Gasteiger partial charge on any atom is 0.338 e. The van der Waals surface area contributed by atoms with E-state index in [1.165, 1.54) is 12.0 Å². The highest BCUT2D eigenvalue weighted by molar-refractivity contribution is 5.95. The van der Waals surface area contributed by atoms with Crippen LogP contribution in [0.15, 0.2) is 35.5 Å². The van der Waals surface area contributed by atoms with Gasteiger partial charge in [-0.05, 0) is 24.6 Å². The molecule has 0 saturated carbocycles. The highest BCUT2D eigenvalue weighted by Crippen LogP contribution is 2.31. The maximum atomic E-state index is 12.6. The molecule has 0 saturated heterocycles. The average molecular weight is 389 g/mol. The van der Waals surface area contributed by atoms with E-state index in [0.717, 1.165) is 0 Å². The number of esters is 1. The molecule has 0 bridgehead atoms. The minimum absolute atomic E-state index is 0.0847. The molecule has 152 valence electrons. The molecule has 1 atom stereocenters. The van der Waals surface area contributed by atoms with E-state index in [0.29, 0.717) is 22.5 Å². The molecule has 1 aromatic carbocycles. The number of rotatable bonds is 7. The van der Waals surface area contributed by atoms with Crippen LogP contribution in [0, 0.1) is 5.92 Å². The molecule has 0 aliphatic carbocycles. The zero-order chi connectivity index (χ0) is 20.8. The SMILES string of the molecule is COCCOC(=O)C1=C(C)N(C)C(=O)N[C@@H]1c1ccc(NC(=O)C(C)C)cc1. The number of amides is 3. The number of nitrogens with zero attached hydrogens (tertiary/aromatic N) is 1. The summed E-state index contributed by atoms with van der Waals surface area (Å²) in [5.74, 6) is -0.728. The Morgan fingerprint density at radius 3 is 2.43 bits per heavy atom. The topological polar surface area (TPSA) is 97.0 Å². The van der Waals surface area contributed by atoms with Crippen LogP contribution in [0.4, 0.5) is 10.5 Å². The van der Waals surface area contributed by atoms with Crippen LogP contribution in [0.2, 0.25) is 0 Å². The lowest BCUT2D eigenvalue weighted by molar-refractivity contribution is -0.140. The number of allylic oxidation sites excluding steroid dienone is 1. The van der Waals surface area contributed by atoms with E-state index >= 15 is 0 Å². The van der Waals surface area contributed by atoms with Gasteiger partial charge in [0.15, 0.2) is 0 Å². The molecule has 2 rings (SSSR count). The number of nitrogens with one attached hydrogen (secondary N) is 2. The lowest BCUT2D eigenvalue weighted by atomic mass is 9.95. The summed E-state index contributed by atoms with van der Waals surface area (Å²) in [6.07, 6.45) is 0. The molecular weight excluding hydrogens is 362 g/mol. The Morgan fingerprint density at radius 1 is 1.21 bits per heavy atom. The van der Waals surface area contributed by atoms with Crippen molar-refractivity contribution in [1.82, 2.24) is 10.2 Å². The first-order chi connectivity index (χ1) is 13.3. The molecule has 0 spiro atoms. The largest absolute Gasteiger partial charge is 0.460 e. The second kappa shape index (κ2) is 9.36. The highest BCUT2D eigenvalue weighted by atomic mass is 16.6. The Kier molecular flexibility index (Phi) is 7.17. The summed E-state index contributed by atoms with van der Waals surface area (Å²) in [4.78, 5) is 38.1. The van der Waals surface area contributed by atoms with E-state index in [1.807, 2.05) is 13.8 Å². The Labute approximate surface area is 164 Å². The van der Waals surface area contributed by atoms with Crippen LogP contribution in [0.25, 0.3) is 0 Å². The number of hydrogen-bond donors (Lipinski definition) is 2. The fraction of sp³-hybridized carbons (Fsp3) is 0.450. The zero-order valence-corrected chi connectivity index (χ0v) is 16.9. The summed E-state index contributed by atoms with van der Waals surface area (Å²) < 4.78 is 10.2. The Balaban J connectivity index is 2.28. The van der Waals surface area contributed by atoms with Gasteiger partial charge < -0.3 is 25.0 Å². The van der Waals surface area contributed by atoms with Gasteiger partial charge in [0, 0.05) is 31.5 Å². The summed E-state index contributed by atoms with van der Waals surface area (Å²) in [6.45, 7) is 5.74. The van der Waals surface area contributed by atoms with Crippen molar-refractivity contribution >= 4 is 23.6 Å². The van der Waals surface area contributed by atoms with Gasteiger partial charge in [0.05, 0.1) is 18.2 Å². The molecule has 28 heavy (non-hydrogen) atoms. The first kappa shape index (κ1) is 21.4. The van der Waals surface area contributed by atoms with E-state index in [9.17, 15) is 14.4 Å². The van der Waals surface area contributed by atoms with Gasteiger partial charge in [0.25, 0.3) is 0 Å². The van der Waals surface area contributed by atoms with Crippen molar-refractivity contribution in [3.05, 3.63) is 41.1 Å². The van der Waals surface area contributed by atoms with Crippen LogP contribution < -0.4 is 10.6 Å². The molecule has 2 N–H and O–H groups in total. The smallest absolute Gasteiger partial charge is 0.338 e. The normalized spacial score (nSPS) is 16.9. The number of carbonyl (C=O) groups is 3. The molecule has 0 aromatic heterocycles. The predicted octanol–water partition coefficient (Wildman–Crippen LogP) is 2.44. The summed E-state index contributed by atoms with van der Waals surface area (Å²) in [5.41, 5.74) is 2.24. The first-order valence-corrected chi connectivity index (χ1v) is 9.08. The summed E-state index contributed by atoms with van der Waals surface area (Å²) in [7, 11) is 3.11. The van der Waals surface area contributed by atoms with Gasteiger partial charge in [0.1, 0.15) is 6.61 Å². The standard InChI is InChI=1S/C20H27N3O5/c1-12(2)18(24)21-15-8-6-14(7-9-15)17-16(19(25)28-11-10-27-5)13(3)23(4)20(26)22-17/h6-9,12,17H,10-11H2,1-5H3,(H,21,24)(H,22,26)/t17-/m1/s1.